The zero-order valence-corrected chi connectivity index (χ0v) is 13.5. The van der Waals surface area contributed by atoms with Crippen molar-refractivity contribution in [2.24, 2.45) is 16.7 Å². The number of hydrogen-bond donors (Lipinski definition) is 0. The molecule has 1 aromatic rings. The molecule has 22 heavy (non-hydrogen) atoms. The molecule has 0 spiro atoms. The van der Waals surface area contributed by atoms with E-state index >= 15 is 0 Å². The van der Waals surface area contributed by atoms with Crippen LogP contribution in [0, 0.1) is 16.7 Å². The molecule has 1 aliphatic carbocycles. The van der Waals surface area contributed by atoms with Crippen LogP contribution in [-0.2, 0) is 9.59 Å². The summed E-state index contributed by atoms with van der Waals surface area (Å²) in [5.74, 6) is -0.383. The number of carbonyl (C=O) groups is 3. The Kier molecular flexibility index (Phi) is 3.06. The molecule has 0 unspecified atom stereocenters. The van der Waals surface area contributed by atoms with Crippen molar-refractivity contribution in [1.29, 1.82) is 0 Å². The van der Waals surface area contributed by atoms with Crippen LogP contribution in [0.4, 0.5) is 5.69 Å². The van der Waals surface area contributed by atoms with E-state index in [2.05, 4.69) is 0 Å². The summed E-state index contributed by atoms with van der Waals surface area (Å²) >= 11 is 0. The van der Waals surface area contributed by atoms with Crippen LogP contribution in [0.25, 0.3) is 0 Å². The van der Waals surface area contributed by atoms with Crippen LogP contribution in [0.3, 0.4) is 0 Å². The average Bonchev–Trinajstić information content (AvgIpc) is 2.64. The van der Waals surface area contributed by atoms with Gasteiger partial charge < -0.3 is 0 Å². The van der Waals surface area contributed by atoms with Gasteiger partial charge in [-0.15, -0.1) is 0 Å². The third-order valence-electron chi connectivity index (χ3n) is 5.95. The van der Waals surface area contributed by atoms with E-state index in [-0.39, 0.29) is 28.9 Å². The highest BCUT2D eigenvalue weighted by molar-refractivity contribution is 6.20. The average molecular weight is 299 g/mol. The first-order valence-electron chi connectivity index (χ1n) is 7.69. The van der Waals surface area contributed by atoms with Gasteiger partial charge in [0.15, 0.2) is 5.78 Å². The number of imide groups is 1. The van der Waals surface area contributed by atoms with E-state index in [1.165, 1.54) is 11.8 Å². The van der Waals surface area contributed by atoms with Crippen LogP contribution in [0.15, 0.2) is 24.3 Å². The van der Waals surface area contributed by atoms with Crippen molar-refractivity contribution in [2.45, 2.75) is 40.5 Å². The predicted octanol–water partition coefficient (Wildman–Crippen LogP) is 3.20. The van der Waals surface area contributed by atoms with Gasteiger partial charge in [0.05, 0.1) is 11.1 Å². The van der Waals surface area contributed by atoms with E-state index < -0.39 is 5.41 Å². The zero-order chi connectivity index (χ0) is 16.3. The number of fused-ring (bicyclic) bond motifs is 2. The van der Waals surface area contributed by atoms with E-state index in [1.807, 2.05) is 20.8 Å². The van der Waals surface area contributed by atoms with Gasteiger partial charge in [0.2, 0.25) is 11.8 Å². The number of hydrogen-bond acceptors (Lipinski definition) is 3. The number of rotatable bonds is 2. The molecule has 1 heterocycles. The van der Waals surface area contributed by atoms with E-state index in [0.717, 1.165) is 12.8 Å². The predicted molar refractivity (Wildman–Crippen MR) is 83.6 cm³/mol. The first kappa shape index (κ1) is 14.9. The number of carbonyl (C=O) groups excluding carboxylic acids is 3. The van der Waals surface area contributed by atoms with Gasteiger partial charge in [-0.05, 0) is 49.4 Å². The van der Waals surface area contributed by atoms with Crippen LogP contribution in [0.1, 0.15) is 50.9 Å². The molecule has 2 aliphatic rings. The summed E-state index contributed by atoms with van der Waals surface area (Å²) in [4.78, 5) is 38.5. The summed E-state index contributed by atoms with van der Waals surface area (Å²) in [5.41, 5.74) is 0.325. The van der Waals surface area contributed by atoms with Gasteiger partial charge >= 0.3 is 0 Å². The van der Waals surface area contributed by atoms with Crippen molar-refractivity contribution in [2.75, 3.05) is 4.90 Å². The van der Waals surface area contributed by atoms with E-state index in [1.54, 1.807) is 24.3 Å². The molecule has 1 saturated heterocycles. The van der Waals surface area contributed by atoms with E-state index in [4.69, 9.17) is 0 Å². The number of nitrogens with zero attached hydrogens (tertiary/aromatic N) is 1. The molecule has 2 fully saturated rings. The van der Waals surface area contributed by atoms with Crippen molar-refractivity contribution in [3.05, 3.63) is 29.8 Å². The second-order valence-electron chi connectivity index (χ2n) is 7.23. The Hall–Kier alpha value is -1.97. The Labute approximate surface area is 130 Å². The van der Waals surface area contributed by atoms with Gasteiger partial charge in [0.1, 0.15) is 0 Å². The van der Waals surface area contributed by atoms with Gasteiger partial charge in [-0.3, -0.25) is 14.4 Å². The Morgan fingerprint density at radius 2 is 1.73 bits per heavy atom. The van der Waals surface area contributed by atoms with E-state index in [9.17, 15) is 14.4 Å². The van der Waals surface area contributed by atoms with Gasteiger partial charge in [-0.2, -0.15) is 0 Å². The number of ketones is 1. The number of amides is 2. The molecule has 2 atom stereocenters. The molecule has 0 aromatic heterocycles. The van der Waals surface area contributed by atoms with Gasteiger partial charge in [-0.1, -0.05) is 20.8 Å². The molecule has 2 bridgehead atoms. The van der Waals surface area contributed by atoms with Crippen LogP contribution in [0.2, 0.25) is 0 Å². The zero-order valence-electron chi connectivity index (χ0n) is 13.5. The maximum Gasteiger partial charge on any atom is 0.240 e. The fourth-order valence-electron chi connectivity index (χ4n) is 3.91. The van der Waals surface area contributed by atoms with Crippen LogP contribution >= 0.6 is 0 Å². The quantitative estimate of drug-likeness (QED) is 0.622. The van der Waals surface area contributed by atoms with Crippen LogP contribution in [0.5, 0.6) is 0 Å². The maximum atomic E-state index is 13.0. The monoisotopic (exact) mass is 299 g/mol. The normalized spacial score (nSPS) is 29.8. The Balaban J connectivity index is 2.04. The molecule has 1 saturated carbocycles. The highest BCUT2D eigenvalue weighted by Crippen LogP contribution is 2.60. The van der Waals surface area contributed by atoms with Crippen LogP contribution in [-0.4, -0.2) is 17.6 Å². The molecule has 2 amide bonds. The molecule has 116 valence electrons. The third kappa shape index (κ3) is 1.73. The molecule has 1 aromatic carbocycles. The highest BCUT2D eigenvalue weighted by Gasteiger charge is 2.64. The summed E-state index contributed by atoms with van der Waals surface area (Å²) in [6.45, 7) is 7.52. The van der Waals surface area contributed by atoms with Gasteiger partial charge in [-0.25, -0.2) is 4.90 Å². The Bertz CT molecular complexity index is 674. The van der Waals surface area contributed by atoms with Crippen molar-refractivity contribution in [3.8, 4) is 0 Å². The largest absolute Gasteiger partial charge is 0.295 e. The summed E-state index contributed by atoms with van der Waals surface area (Å²) < 4.78 is 0. The van der Waals surface area contributed by atoms with Gasteiger partial charge in [0.25, 0.3) is 0 Å². The maximum absolute atomic E-state index is 13.0. The molecular weight excluding hydrogens is 278 g/mol. The summed E-state index contributed by atoms with van der Waals surface area (Å²) in [7, 11) is 0. The number of anilines is 1. The SMILES string of the molecule is CC(=O)c1ccc(N2C(=O)[C@H]3CC[C@](C)(C2=O)C3(C)C)cc1. The summed E-state index contributed by atoms with van der Waals surface area (Å²) in [6.07, 6.45) is 1.51. The molecule has 4 nitrogen and oxygen atoms in total. The van der Waals surface area contributed by atoms with Gasteiger partial charge in [0, 0.05) is 11.5 Å². The minimum Gasteiger partial charge on any atom is -0.295 e. The molecule has 0 radical (unpaired) electrons. The lowest BCUT2D eigenvalue weighted by Crippen LogP contribution is -2.59. The van der Waals surface area contributed by atoms with Crippen LogP contribution < -0.4 is 4.90 Å². The topological polar surface area (TPSA) is 54.5 Å². The fourth-order valence-corrected chi connectivity index (χ4v) is 3.91. The number of Topliss-reactive ketones (excluding diaryl/α,β-unsaturated/α-hetero) is 1. The Morgan fingerprint density at radius 3 is 2.27 bits per heavy atom. The standard InChI is InChI=1S/C18H21NO3/c1-11(20)12-5-7-13(8-6-12)19-15(21)14-9-10-18(4,16(19)22)17(14,2)3/h5-8,14H,9-10H2,1-4H3/t14-,18-/m1/s1. The Morgan fingerprint density at radius 1 is 1.14 bits per heavy atom. The first-order chi connectivity index (χ1) is 10.2. The van der Waals surface area contributed by atoms with Crippen molar-refractivity contribution in [3.63, 3.8) is 0 Å². The lowest BCUT2D eigenvalue weighted by molar-refractivity contribution is -0.146. The molecule has 1 aliphatic heterocycles. The minimum absolute atomic E-state index is 0.0315. The second kappa shape index (κ2) is 4.51. The molecule has 4 heteroatoms. The lowest BCUT2D eigenvalue weighted by atomic mass is 9.62. The molecule has 3 rings (SSSR count). The summed E-state index contributed by atoms with van der Waals surface area (Å²) in [5, 5.41) is 0. The van der Waals surface area contributed by atoms with Crippen molar-refractivity contribution >= 4 is 23.3 Å². The third-order valence-corrected chi connectivity index (χ3v) is 5.95. The molecule has 0 N–H and O–H groups in total. The summed E-state index contributed by atoms with van der Waals surface area (Å²) in [6, 6.07) is 6.71. The number of benzene rings is 1. The lowest BCUT2D eigenvalue weighted by Gasteiger charge is -2.47. The minimum atomic E-state index is -0.509. The second-order valence-corrected chi connectivity index (χ2v) is 7.23. The van der Waals surface area contributed by atoms with Crippen molar-refractivity contribution in [1.82, 2.24) is 0 Å². The molecular formula is C18H21NO3. The number of piperidine rings is 1. The smallest absolute Gasteiger partial charge is 0.240 e. The van der Waals surface area contributed by atoms with Crippen molar-refractivity contribution < 1.29 is 14.4 Å². The first-order valence-corrected chi connectivity index (χ1v) is 7.69. The fraction of sp³-hybridized carbons (Fsp3) is 0.500. The highest BCUT2D eigenvalue weighted by atomic mass is 16.2. The van der Waals surface area contributed by atoms with E-state index in [0.29, 0.717) is 11.3 Å².